The molecule has 0 heterocycles. The molecule has 6 heteroatoms. The molecule has 0 rings (SSSR count). The molecule has 0 unspecified atom stereocenters. The van der Waals surface area contributed by atoms with Crippen molar-refractivity contribution in [1.29, 1.82) is 0 Å². The van der Waals surface area contributed by atoms with Crippen molar-refractivity contribution < 1.29 is 18.9 Å². The van der Waals surface area contributed by atoms with Gasteiger partial charge in [-0.3, -0.25) is 4.52 Å². The molecule has 0 bridgehead atoms. The predicted octanol–water partition coefficient (Wildman–Crippen LogP) is 0.484. The fourth-order valence-electron chi connectivity index (χ4n) is 0.780. The Morgan fingerprint density at radius 3 is 2.33 bits per heavy atom. The Morgan fingerprint density at radius 2 is 2.00 bits per heavy atom. The van der Waals surface area contributed by atoms with Crippen LogP contribution in [0, 0.1) is 0 Å². The maximum Gasteiger partial charge on any atom is 0.470 e. The second-order valence-corrected chi connectivity index (χ2v) is 4.29. The van der Waals surface area contributed by atoms with Crippen molar-refractivity contribution in [3.8, 4) is 0 Å². The van der Waals surface area contributed by atoms with E-state index in [4.69, 9.17) is 9.79 Å². The zero-order valence-corrected chi connectivity index (χ0v) is 8.47. The van der Waals surface area contributed by atoms with Gasteiger partial charge in [0, 0.05) is 6.54 Å². The fourth-order valence-corrected chi connectivity index (χ4v) is 1.49. The Hall–Kier alpha value is 0.0700. The van der Waals surface area contributed by atoms with Crippen LogP contribution in [0.2, 0.25) is 0 Å². The lowest BCUT2D eigenvalue weighted by Crippen LogP contribution is -2.36. The molecule has 0 aliphatic rings. The van der Waals surface area contributed by atoms with Crippen molar-refractivity contribution in [3.05, 3.63) is 0 Å². The third-order valence-electron chi connectivity index (χ3n) is 1.17. The molecule has 0 aliphatic heterocycles. The van der Waals surface area contributed by atoms with Gasteiger partial charge in [-0.05, 0) is 20.4 Å². The van der Waals surface area contributed by atoms with Crippen LogP contribution in [0.5, 0.6) is 0 Å². The van der Waals surface area contributed by atoms with Crippen LogP contribution in [0.3, 0.4) is 0 Å². The van der Waals surface area contributed by atoms with Crippen LogP contribution in [0.25, 0.3) is 0 Å². The molecule has 0 aliphatic carbocycles. The van der Waals surface area contributed by atoms with Crippen LogP contribution in [0.1, 0.15) is 20.8 Å². The summed E-state index contributed by atoms with van der Waals surface area (Å²) in [5.41, 5.74) is -0.838. The van der Waals surface area contributed by atoms with Gasteiger partial charge in [-0.2, -0.15) is 0 Å². The van der Waals surface area contributed by atoms with Crippen LogP contribution >= 0.6 is 7.82 Å². The van der Waals surface area contributed by atoms with E-state index >= 15 is 0 Å². The summed E-state index contributed by atoms with van der Waals surface area (Å²) in [6.07, 6.45) is 0. The summed E-state index contributed by atoms with van der Waals surface area (Å²) in [4.78, 5) is 17.0. The molecule has 0 atom stereocenters. The van der Waals surface area contributed by atoms with Gasteiger partial charge >= 0.3 is 7.82 Å². The van der Waals surface area contributed by atoms with E-state index in [-0.39, 0.29) is 0 Å². The summed E-state index contributed by atoms with van der Waals surface area (Å²) in [6.45, 7) is 6.31. The van der Waals surface area contributed by atoms with Gasteiger partial charge in [-0.25, -0.2) is 4.57 Å². The van der Waals surface area contributed by atoms with E-state index < -0.39 is 13.4 Å². The lowest BCUT2D eigenvalue weighted by molar-refractivity contribution is 0.0654. The smallest absolute Gasteiger partial charge is 0.314 e. The Balaban J connectivity index is 3.95. The third-order valence-corrected chi connectivity index (χ3v) is 1.90. The first-order valence-corrected chi connectivity index (χ1v) is 5.27. The second kappa shape index (κ2) is 4.35. The molecule has 0 aromatic heterocycles. The lowest BCUT2D eigenvalue weighted by Gasteiger charge is -2.25. The Kier molecular flexibility index (Phi) is 4.37. The largest absolute Gasteiger partial charge is 0.470 e. The molecule has 0 fully saturated rings. The number of phosphoric acid groups is 1. The number of rotatable bonds is 5. The highest BCUT2D eigenvalue weighted by molar-refractivity contribution is 7.46. The van der Waals surface area contributed by atoms with E-state index in [1.54, 1.807) is 13.8 Å². The zero-order chi connectivity index (χ0) is 9.83. The summed E-state index contributed by atoms with van der Waals surface area (Å²) in [6, 6.07) is 0. The van der Waals surface area contributed by atoms with Crippen LogP contribution in [-0.2, 0) is 9.09 Å². The molecule has 12 heavy (non-hydrogen) atoms. The highest BCUT2D eigenvalue weighted by Gasteiger charge is 2.28. The van der Waals surface area contributed by atoms with Gasteiger partial charge in [0.1, 0.15) is 0 Å². The van der Waals surface area contributed by atoms with Gasteiger partial charge in [0.05, 0.1) is 5.60 Å². The minimum Gasteiger partial charge on any atom is -0.314 e. The first-order valence-electron chi connectivity index (χ1n) is 3.74. The summed E-state index contributed by atoms with van der Waals surface area (Å²) in [7, 11) is -4.37. The van der Waals surface area contributed by atoms with Gasteiger partial charge in [0.25, 0.3) is 0 Å². The van der Waals surface area contributed by atoms with Gasteiger partial charge in [-0.15, -0.1) is 0 Å². The zero-order valence-electron chi connectivity index (χ0n) is 7.57. The topological polar surface area (TPSA) is 78.8 Å². The first-order chi connectivity index (χ1) is 5.27. The number of nitrogens with one attached hydrogen (secondary N) is 1. The minimum absolute atomic E-state index is 0.411. The molecule has 0 saturated carbocycles. The molecule has 0 aromatic carbocycles. The van der Waals surface area contributed by atoms with Crippen molar-refractivity contribution in [2.24, 2.45) is 0 Å². The second-order valence-electron chi connectivity index (χ2n) is 3.12. The van der Waals surface area contributed by atoms with Crippen molar-refractivity contribution in [2.75, 3.05) is 13.1 Å². The van der Waals surface area contributed by atoms with Gasteiger partial charge in [-0.1, -0.05) is 6.92 Å². The molecule has 74 valence electrons. The summed E-state index contributed by atoms with van der Waals surface area (Å²) in [5.74, 6) is 0. The van der Waals surface area contributed by atoms with Gasteiger partial charge in [0.2, 0.25) is 0 Å². The molecule has 0 saturated heterocycles. The minimum atomic E-state index is -4.37. The molecule has 0 spiro atoms. The van der Waals surface area contributed by atoms with E-state index in [9.17, 15) is 4.57 Å². The third kappa shape index (κ3) is 6.76. The highest BCUT2D eigenvalue weighted by atomic mass is 31.2. The maximum atomic E-state index is 10.5. The van der Waals surface area contributed by atoms with Crippen LogP contribution < -0.4 is 5.32 Å². The molecular formula is C6H16NO4P. The summed E-state index contributed by atoms with van der Waals surface area (Å²) in [5, 5.41) is 2.94. The van der Waals surface area contributed by atoms with Gasteiger partial charge in [0.15, 0.2) is 0 Å². The Bertz CT molecular complexity index is 176. The number of phosphoric ester groups is 1. The van der Waals surface area contributed by atoms with E-state index in [2.05, 4.69) is 9.84 Å². The quantitative estimate of drug-likeness (QED) is 0.559. The fraction of sp³-hybridized carbons (Fsp3) is 1.00. The van der Waals surface area contributed by atoms with E-state index in [1.165, 1.54) is 0 Å². The van der Waals surface area contributed by atoms with Crippen molar-refractivity contribution in [1.82, 2.24) is 5.32 Å². The number of hydrogen-bond acceptors (Lipinski definition) is 3. The molecule has 3 N–H and O–H groups in total. The normalized spacial score (nSPS) is 13.4. The van der Waals surface area contributed by atoms with E-state index in [1.807, 2.05) is 6.92 Å². The van der Waals surface area contributed by atoms with E-state index in [0.29, 0.717) is 6.54 Å². The summed E-state index contributed by atoms with van der Waals surface area (Å²) >= 11 is 0. The average Bonchev–Trinajstić information content (AvgIpc) is 1.78. The molecular weight excluding hydrogens is 181 g/mol. The van der Waals surface area contributed by atoms with Crippen molar-refractivity contribution in [2.45, 2.75) is 26.4 Å². The van der Waals surface area contributed by atoms with Crippen molar-refractivity contribution in [3.63, 3.8) is 0 Å². The molecule has 0 aromatic rings. The Morgan fingerprint density at radius 1 is 1.50 bits per heavy atom. The average molecular weight is 197 g/mol. The Labute approximate surface area is 72.4 Å². The molecule has 5 nitrogen and oxygen atoms in total. The standard InChI is InChI=1S/C6H16NO4P/c1-4-7-5-6(2,3)11-12(8,9)10/h7H,4-5H2,1-3H3,(H2,8,9,10). The number of likely N-dealkylation sites (N-methyl/N-ethyl adjacent to an activating group) is 1. The van der Waals surface area contributed by atoms with Crippen LogP contribution in [-0.4, -0.2) is 28.5 Å². The highest BCUT2D eigenvalue weighted by Crippen LogP contribution is 2.40. The first kappa shape index (κ1) is 12.1. The van der Waals surface area contributed by atoms with Crippen LogP contribution in [0.4, 0.5) is 0 Å². The maximum absolute atomic E-state index is 10.5. The SMILES string of the molecule is CCNCC(C)(C)OP(=O)(O)O. The number of hydrogen-bond donors (Lipinski definition) is 3. The van der Waals surface area contributed by atoms with Crippen LogP contribution in [0.15, 0.2) is 0 Å². The van der Waals surface area contributed by atoms with Gasteiger partial charge < -0.3 is 15.1 Å². The molecule has 0 radical (unpaired) electrons. The summed E-state index contributed by atoms with van der Waals surface area (Å²) < 4.78 is 15.0. The monoisotopic (exact) mass is 197 g/mol. The van der Waals surface area contributed by atoms with E-state index in [0.717, 1.165) is 6.54 Å². The lowest BCUT2D eigenvalue weighted by atomic mass is 10.1. The predicted molar refractivity (Wildman–Crippen MR) is 45.8 cm³/mol. The molecule has 0 amide bonds. The van der Waals surface area contributed by atoms with Crippen molar-refractivity contribution >= 4 is 7.82 Å².